The van der Waals surface area contributed by atoms with Gasteiger partial charge < -0.3 is 25.5 Å². The lowest BCUT2D eigenvalue weighted by Crippen LogP contribution is -2.19. The number of aliphatic hydroxyl groups excluding tert-OH is 4. The largest absolute Gasteiger partial charge is 0.396 e. The molecule has 5 heteroatoms. The topological polar surface area (TPSA) is 101 Å². The summed E-state index contributed by atoms with van der Waals surface area (Å²) in [6, 6.07) is 0. The third-order valence-electron chi connectivity index (χ3n) is 1.15. The van der Waals surface area contributed by atoms with E-state index in [0.29, 0.717) is 6.42 Å². The molecule has 0 bridgehead atoms. The van der Waals surface area contributed by atoms with Gasteiger partial charge in [0, 0.05) is 6.61 Å². The molecule has 0 aromatic heterocycles. The van der Waals surface area contributed by atoms with Crippen molar-refractivity contribution in [1.82, 2.24) is 0 Å². The van der Waals surface area contributed by atoms with E-state index < -0.39 is 11.7 Å². The fraction of sp³-hybridized carbons (Fsp3) is 1.00. The Kier molecular flexibility index (Phi) is 9.87. The van der Waals surface area contributed by atoms with Crippen molar-refractivity contribution < 1.29 is 25.5 Å². The first-order chi connectivity index (χ1) is 5.87. The second-order valence-corrected chi connectivity index (χ2v) is 3.31. The lowest BCUT2D eigenvalue weighted by Gasteiger charge is -2.13. The molecule has 0 atom stereocenters. The Bertz CT molecular complexity index is 95.2. The maximum atomic E-state index is 8.86. The van der Waals surface area contributed by atoms with Crippen LogP contribution in [0.3, 0.4) is 0 Å². The molecule has 82 valence electrons. The van der Waals surface area contributed by atoms with Crippen molar-refractivity contribution in [2.45, 2.75) is 32.0 Å². The predicted octanol–water partition coefficient (Wildman–Crippen LogP) is -1.53. The molecule has 0 aromatic rings. The standard InChI is InChI=1S/C5H12O2.C3H8O3/c1-5(2,7)3-4-6;4-1-3(6)2-5/h6-7H,3-4H2,1-2H3;3-6H,1-2H2. The molecule has 0 amide bonds. The van der Waals surface area contributed by atoms with Crippen molar-refractivity contribution >= 4 is 0 Å². The predicted molar refractivity (Wildman–Crippen MR) is 48.2 cm³/mol. The molecule has 0 radical (unpaired) electrons. The summed E-state index contributed by atoms with van der Waals surface area (Å²) in [5.41, 5.74) is -0.700. The van der Waals surface area contributed by atoms with Crippen molar-refractivity contribution in [3.05, 3.63) is 0 Å². The van der Waals surface area contributed by atoms with E-state index in [1.54, 1.807) is 13.8 Å². The second kappa shape index (κ2) is 8.40. The molecule has 0 aliphatic carbocycles. The first kappa shape index (κ1) is 15.3. The van der Waals surface area contributed by atoms with Crippen LogP contribution in [-0.2, 0) is 0 Å². The third-order valence-corrected chi connectivity index (χ3v) is 1.15. The Labute approximate surface area is 78.3 Å². The van der Waals surface area contributed by atoms with E-state index in [4.69, 9.17) is 25.5 Å². The van der Waals surface area contributed by atoms with Gasteiger partial charge in [0.2, 0.25) is 0 Å². The van der Waals surface area contributed by atoms with Crippen molar-refractivity contribution in [1.29, 1.82) is 0 Å². The van der Waals surface area contributed by atoms with E-state index in [1.807, 2.05) is 0 Å². The van der Waals surface area contributed by atoms with Gasteiger partial charge in [0.1, 0.15) is 6.10 Å². The van der Waals surface area contributed by atoms with Crippen molar-refractivity contribution in [3.63, 3.8) is 0 Å². The molecule has 13 heavy (non-hydrogen) atoms. The van der Waals surface area contributed by atoms with Crippen LogP contribution in [0, 0.1) is 0 Å². The van der Waals surface area contributed by atoms with Crippen LogP contribution in [0.15, 0.2) is 0 Å². The maximum absolute atomic E-state index is 8.86. The molecule has 0 aromatic carbocycles. The third kappa shape index (κ3) is 18.6. The molecule has 0 aliphatic heterocycles. The molecular formula is C8H20O5. The van der Waals surface area contributed by atoms with Gasteiger partial charge in [0.25, 0.3) is 0 Å². The van der Waals surface area contributed by atoms with Crippen LogP contribution in [0.5, 0.6) is 0 Å². The van der Waals surface area contributed by atoms with E-state index in [-0.39, 0.29) is 19.8 Å². The SMILES string of the molecule is CC(C)(O)CCO.OCC(O)CO. The van der Waals surface area contributed by atoms with Gasteiger partial charge in [-0.05, 0) is 20.3 Å². The highest BCUT2D eigenvalue weighted by Gasteiger charge is 2.09. The highest BCUT2D eigenvalue weighted by molar-refractivity contribution is 4.62. The van der Waals surface area contributed by atoms with E-state index in [0.717, 1.165) is 0 Å². The fourth-order valence-corrected chi connectivity index (χ4v) is 0.331. The van der Waals surface area contributed by atoms with Crippen LogP contribution in [0.2, 0.25) is 0 Å². The minimum Gasteiger partial charge on any atom is -0.396 e. The van der Waals surface area contributed by atoms with Crippen LogP contribution >= 0.6 is 0 Å². The average Bonchev–Trinajstić information content (AvgIpc) is 2.02. The molecule has 0 rings (SSSR count). The molecule has 0 unspecified atom stereocenters. The Morgan fingerprint density at radius 2 is 1.46 bits per heavy atom. The monoisotopic (exact) mass is 196 g/mol. The summed E-state index contributed by atoms with van der Waals surface area (Å²) in [5.74, 6) is 0. The van der Waals surface area contributed by atoms with Gasteiger partial charge >= 0.3 is 0 Å². The molecular weight excluding hydrogens is 176 g/mol. The summed E-state index contributed by atoms with van der Waals surface area (Å²) in [5, 5.41) is 41.1. The van der Waals surface area contributed by atoms with E-state index in [9.17, 15) is 0 Å². The lowest BCUT2D eigenvalue weighted by atomic mass is 10.1. The summed E-state index contributed by atoms with van der Waals surface area (Å²) in [7, 11) is 0. The number of rotatable bonds is 4. The summed E-state index contributed by atoms with van der Waals surface area (Å²) >= 11 is 0. The van der Waals surface area contributed by atoms with Gasteiger partial charge in [-0.15, -0.1) is 0 Å². The van der Waals surface area contributed by atoms with Gasteiger partial charge in [-0.3, -0.25) is 0 Å². The molecule has 0 saturated carbocycles. The van der Waals surface area contributed by atoms with Crippen LogP contribution < -0.4 is 0 Å². The molecule has 0 spiro atoms. The highest BCUT2D eigenvalue weighted by Crippen LogP contribution is 2.04. The van der Waals surface area contributed by atoms with Gasteiger partial charge in [-0.1, -0.05) is 0 Å². The lowest BCUT2D eigenvalue weighted by molar-refractivity contribution is 0.0450. The van der Waals surface area contributed by atoms with Crippen LogP contribution in [0.4, 0.5) is 0 Å². The Morgan fingerprint density at radius 3 is 1.46 bits per heavy atom. The van der Waals surface area contributed by atoms with Crippen LogP contribution in [-0.4, -0.2) is 57.1 Å². The summed E-state index contributed by atoms with van der Waals surface area (Å²) < 4.78 is 0. The Hall–Kier alpha value is -0.200. The zero-order chi connectivity index (χ0) is 10.9. The number of hydrogen-bond donors (Lipinski definition) is 5. The van der Waals surface area contributed by atoms with Crippen molar-refractivity contribution in [2.75, 3.05) is 19.8 Å². The molecule has 5 N–H and O–H groups in total. The Morgan fingerprint density at radius 1 is 1.08 bits per heavy atom. The highest BCUT2D eigenvalue weighted by atomic mass is 16.3. The minimum absolute atomic E-state index is 0.0590. The first-order valence-electron chi connectivity index (χ1n) is 4.10. The quantitative estimate of drug-likeness (QED) is 0.375. The number of hydrogen-bond acceptors (Lipinski definition) is 5. The molecule has 0 heterocycles. The van der Waals surface area contributed by atoms with Gasteiger partial charge in [0.05, 0.1) is 18.8 Å². The average molecular weight is 196 g/mol. The van der Waals surface area contributed by atoms with E-state index >= 15 is 0 Å². The molecule has 0 saturated heterocycles. The van der Waals surface area contributed by atoms with Gasteiger partial charge in [-0.2, -0.15) is 0 Å². The Balaban J connectivity index is 0. The van der Waals surface area contributed by atoms with Crippen molar-refractivity contribution in [3.8, 4) is 0 Å². The van der Waals surface area contributed by atoms with Crippen LogP contribution in [0.25, 0.3) is 0 Å². The fourth-order valence-electron chi connectivity index (χ4n) is 0.331. The second-order valence-electron chi connectivity index (χ2n) is 3.31. The van der Waals surface area contributed by atoms with Crippen molar-refractivity contribution in [2.24, 2.45) is 0 Å². The van der Waals surface area contributed by atoms with Crippen LogP contribution in [0.1, 0.15) is 20.3 Å². The first-order valence-corrected chi connectivity index (χ1v) is 4.10. The summed E-state index contributed by atoms with van der Waals surface area (Å²) in [6.45, 7) is 2.67. The van der Waals surface area contributed by atoms with Gasteiger partial charge in [0.15, 0.2) is 0 Å². The van der Waals surface area contributed by atoms with E-state index in [1.165, 1.54) is 0 Å². The smallest absolute Gasteiger partial charge is 0.100 e. The summed E-state index contributed by atoms with van der Waals surface area (Å²) in [6.07, 6.45) is -0.502. The van der Waals surface area contributed by atoms with E-state index in [2.05, 4.69) is 0 Å². The minimum atomic E-state index is -0.954. The maximum Gasteiger partial charge on any atom is 0.100 e. The van der Waals surface area contributed by atoms with Gasteiger partial charge in [-0.25, -0.2) is 0 Å². The summed E-state index contributed by atoms with van der Waals surface area (Å²) in [4.78, 5) is 0. The molecule has 0 aliphatic rings. The molecule has 0 fully saturated rings. The molecule has 5 nitrogen and oxygen atoms in total. The number of aliphatic hydroxyl groups is 5. The zero-order valence-electron chi connectivity index (χ0n) is 8.14. The normalized spacial score (nSPS) is 11.1. The zero-order valence-corrected chi connectivity index (χ0v) is 8.14.